The molecule has 196 valence electrons. The second-order valence-corrected chi connectivity index (χ2v) is 9.20. The molecule has 3 aromatic rings. The molecule has 0 radical (unpaired) electrons. The van der Waals surface area contributed by atoms with Crippen LogP contribution in [0.1, 0.15) is 33.9 Å². The minimum atomic E-state index is -0.536. The maximum atomic E-state index is 14.7. The molecular formula is C28H25ClFN3O5. The number of rotatable bonds is 8. The summed E-state index contributed by atoms with van der Waals surface area (Å²) in [7, 11) is 1.51. The number of carbonyl (C=O) groups is 2. The molecule has 38 heavy (non-hydrogen) atoms. The normalized spacial score (nSPS) is 15.9. The summed E-state index contributed by atoms with van der Waals surface area (Å²) in [5, 5.41) is 6.15. The zero-order chi connectivity index (χ0) is 26.6. The summed E-state index contributed by atoms with van der Waals surface area (Å²) in [6.07, 6.45) is 0.281. The molecular weight excluding hydrogens is 513 g/mol. The number of carbonyl (C=O) groups excluding carboxylic acids is 2. The molecule has 8 nitrogen and oxygen atoms in total. The van der Waals surface area contributed by atoms with E-state index in [9.17, 15) is 14.0 Å². The van der Waals surface area contributed by atoms with Crippen LogP contribution in [0.25, 0.3) is 0 Å². The average Bonchev–Trinajstić information content (AvgIpc) is 3.58. The third-order valence-corrected chi connectivity index (χ3v) is 6.74. The summed E-state index contributed by atoms with van der Waals surface area (Å²) in [4.78, 5) is 28.4. The van der Waals surface area contributed by atoms with Gasteiger partial charge in [-0.25, -0.2) is 9.40 Å². The van der Waals surface area contributed by atoms with Gasteiger partial charge >= 0.3 is 0 Å². The molecule has 2 aliphatic rings. The number of fused-ring (bicyclic) bond motifs is 1. The lowest BCUT2D eigenvalue weighted by molar-refractivity contribution is -0.133. The van der Waals surface area contributed by atoms with Crippen molar-refractivity contribution in [2.45, 2.75) is 12.5 Å². The molecule has 0 fully saturated rings. The molecule has 0 saturated carbocycles. The Labute approximate surface area is 224 Å². The summed E-state index contributed by atoms with van der Waals surface area (Å²) >= 11 is 6.26. The highest BCUT2D eigenvalue weighted by Crippen LogP contribution is 2.39. The van der Waals surface area contributed by atoms with Gasteiger partial charge in [0, 0.05) is 25.6 Å². The lowest BCUT2D eigenvalue weighted by Crippen LogP contribution is -2.42. The van der Waals surface area contributed by atoms with E-state index in [0.717, 1.165) is 5.56 Å². The van der Waals surface area contributed by atoms with Crippen molar-refractivity contribution in [1.29, 1.82) is 0 Å². The zero-order valence-electron chi connectivity index (χ0n) is 20.6. The van der Waals surface area contributed by atoms with Gasteiger partial charge in [0.1, 0.15) is 12.4 Å². The smallest absolute Gasteiger partial charge is 0.262 e. The van der Waals surface area contributed by atoms with Crippen molar-refractivity contribution in [2.24, 2.45) is 5.10 Å². The Morgan fingerprint density at radius 1 is 1.11 bits per heavy atom. The Morgan fingerprint density at radius 3 is 2.66 bits per heavy atom. The molecule has 3 aromatic carbocycles. The summed E-state index contributed by atoms with van der Waals surface area (Å²) in [5.74, 6) is -0.102. The number of amides is 2. The van der Waals surface area contributed by atoms with Crippen LogP contribution in [-0.2, 0) is 9.53 Å². The molecule has 10 heteroatoms. The first-order valence-electron chi connectivity index (χ1n) is 12.0. The number of methoxy groups -OCH3 is 1. The molecule has 0 unspecified atom stereocenters. The van der Waals surface area contributed by atoms with E-state index in [2.05, 4.69) is 5.10 Å². The Bertz CT molecular complexity index is 1400. The third kappa shape index (κ3) is 5.20. The standard InChI is InChI=1S/C28H25ClFN3O5/c1-36-13-12-32(28(35)19-6-2-4-8-21(19)29)16-27(34)33-24(18-10-11-25-26(14-18)38-17-37-25)15-23(31-33)20-7-3-5-9-22(20)30/h2-11,14,24H,12-13,15-17H2,1H3/t24-/m0/s1. The van der Waals surface area contributed by atoms with Crippen molar-refractivity contribution in [3.63, 3.8) is 0 Å². The van der Waals surface area contributed by atoms with Crippen LogP contribution in [-0.4, -0.2) is 61.0 Å². The molecule has 1 atom stereocenters. The van der Waals surface area contributed by atoms with Gasteiger partial charge in [0.2, 0.25) is 6.79 Å². The predicted molar refractivity (Wildman–Crippen MR) is 139 cm³/mol. The van der Waals surface area contributed by atoms with E-state index in [4.69, 9.17) is 25.8 Å². The third-order valence-electron chi connectivity index (χ3n) is 6.41. The highest BCUT2D eigenvalue weighted by atomic mass is 35.5. The van der Waals surface area contributed by atoms with E-state index in [0.29, 0.717) is 22.8 Å². The van der Waals surface area contributed by atoms with Crippen LogP contribution in [0, 0.1) is 5.82 Å². The molecule has 2 amide bonds. The summed E-state index contributed by atoms with van der Waals surface area (Å²) in [6, 6.07) is 17.8. The maximum absolute atomic E-state index is 14.7. The van der Waals surface area contributed by atoms with Gasteiger partial charge in [-0.15, -0.1) is 0 Å². The number of benzene rings is 3. The van der Waals surface area contributed by atoms with Gasteiger partial charge in [0.15, 0.2) is 11.5 Å². The van der Waals surface area contributed by atoms with Crippen LogP contribution in [0.4, 0.5) is 4.39 Å². The Hall–Kier alpha value is -3.95. The second kappa shape index (κ2) is 11.2. The largest absolute Gasteiger partial charge is 0.454 e. The molecule has 2 aliphatic heterocycles. The number of hydrogen-bond acceptors (Lipinski definition) is 6. The first-order valence-corrected chi connectivity index (χ1v) is 12.4. The molecule has 0 spiro atoms. The van der Waals surface area contributed by atoms with Gasteiger partial charge in [-0.05, 0) is 35.9 Å². The van der Waals surface area contributed by atoms with E-state index < -0.39 is 23.7 Å². The van der Waals surface area contributed by atoms with Crippen molar-refractivity contribution < 1.29 is 28.2 Å². The fourth-order valence-electron chi connectivity index (χ4n) is 4.47. The highest BCUT2D eigenvalue weighted by molar-refractivity contribution is 6.33. The number of halogens is 2. The first-order chi connectivity index (χ1) is 18.5. The molecule has 2 heterocycles. The first kappa shape index (κ1) is 25.7. The van der Waals surface area contributed by atoms with Crippen molar-refractivity contribution in [1.82, 2.24) is 9.91 Å². The van der Waals surface area contributed by atoms with Crippen LogP contribution < -0.4 is 9.47 Å². The molecule has 0 bridgehead atoms. The molecule has 5 rings (SSSR count). The fraction of sp³-hybridized carbons (Fsp3) is 0.250. The van der Waals surface area contributed by atoms with Gasteiger partial charge in [-0.1, -0.05) is 48.0 Å². The Balaban J connectivity index is 1.46. The molecule has 0 aromatic heterocycles. The van der Waals surface area contributed by atoms with Gasteiger partial charge < -0.3 is 19.1 Å². The molecule has 0 N–H and O–H groups in total. The zero-order valence-corrected chi connectivity index (χ0v) is 21.4. The summed E-state index contributed by atoms with van der Waals surface area (Å²) in [5.41, 5.74) is 1.78. The van der Waals surface area contributed by atoms with Crippen LogP contribution in [0.3, 0.4) is 0 Å². The number of nitrogens with zero attached hydrogens (tertiary/aromatic N) is 3. The predicted octanol–water partition coefficient (Wildman–Crippen LogP) is 4.67. The topological polar surface area (TPSA) is 80.7 Å². The fourth-order valence-corrected chi connectivity index (χ4v) is 4.69. The van der Waals surface area contributed by atoms with Crippen LogP contribution >= 0.6 is 11.6 Å². The minimum absolute atomic E-state index is 0.113. The van der Waals surface area contributed by atoms with E-state index in [1.54, 1.807) is 54.6 Å². The number of hydrazone groups is 1. The Kier molecular flexibility index (Phi) is 7.57. The summed E-state index contributed by atoms with van der Waals surface area (Å²) in [6.45, 7) is 0.224. The monoisotopic (exact) mass is 537 g/mol. The van der Waals surface area contributed by atoms with Gasteiger partial charge in [0.05, 0.1) is 28.9 Å². The van der Waals surface area contributed by atoms with Crippen LogP contribution in [0.2, 0.25) is 5.02 Å². The van der Waals surface area contributed by atoms with Gasteiger partial charge in [-0.3, -0.25) is 9.59 Å². The van der Waals surface area contributed by atoms with Crippen molar-refractivity contribution in [3.05, 3.63) is 94.3 Å². The van der Waals surface area contributed by atoms with Crippen molar-refractivity contribution >= 4 is 29.1 Å². The quantitative estimate of drug-likeness (QED) is 0.417. The number of hydrogen-bond donors (Lipinski definition) is 0. The Morgan fingerprint density at radius 2 is 1.87 bits per heavy atom. The number of ether oxygens (including phenoxy) is 3. The van der Waals surface area contributed by atoms with Crippen molar-refractivity contribution in [3.8, 4) is 11.5 Å². The van der Waals surface area contributed by atoms with E-state index in [1.165, 1.54) is 23.1 Å². The second-order valence-electron chi connectivity index (χ2n) is 8.80. The van der Waals surface area contributed by atoms with E-state index in [-0.39, 0.29) is 43.5 Å². The van der Waals surface area contributed by atoms with E-state index >= 15 is 0 Å². The van der Waals surface area contributed by atoms with Gasteiger partial charge in [0.25, 0.3) is 11.8 Å². The molecule has 0 aliphatic carbocycles. The van der Waals surface area contributed by atoms with Gasteiger partial charge in [-0.2, -0.15) is 5.10 Å². The average molecular weight is 538 g/mol. The SMILES string of the molecule is COCCN(CC(=O)N1N=C(c2ccccc2F)C[C@H]1c1ccc2c(c1)OCO2)C(=O)c1ccccc1Cl. The van der Waals surface area contributed by atoms with Crippen molar-refractivity contribution in [2.75, 3.05) is 33.6 Å². The lowest BCUT2D eigenvalue weighted by atomic mass is 9.97. The highest BCUT2D eigenvalue weighted by Gasteiger charge is 2.36. The maximum Gasteiger partial charge on any atom is 0.262 e. The van der Waals surface area contributed by atoms with Crippen LogP contribution in [0.15, 0.2) is 71.8 Å². The van der Waals surface area contributed by atoms with Crippen LogP contribution in [0.5, 0.6) is 11.5 Å². The minimum Gasteiger partial charge on any atom is -0.454 e. The van der Waals surface area contributed by atoms with E-state index in [1.807, 2.05) is 6.07 Å². The summed E-state index contributed by atoms with van der Waals surface area (Å²) < 4.78 is 30.8. The molecule has 0 saturated heterocycles. The lowest BCUT2D eigenvalue weighted by Gasteiger charge is -2.27.